The average molecular weight is 1730 g/mol. The summed E-state index contributed by atoms with van der Waals surface area (Å²) in [5.74, 6) is -1.48. The number of hydrogen-bond donors (Lipinski definition) is 2. The molecule has 0 radical (unpaired) electrons. The van der Waals surface area contributed by atoms with Crippen LogP contribution in [0, 0.1) is 11.6 Å². The van der Waals surface area contributed by atoms with E-state index in [0.29, 0.717) is 71.7 Å². The zero-order valence-electron chi connectivity index (χ0n) is 68.6. The second kappa shape index (κ2) is 37.7. The summed E-state index contributed by atoms with van der Waals surface area (Å²) in [6, 6.07) is 37.4. The second-order valence-electron chi connectivity index (χ2n) is 31.5. The Labute approximate surface area is 703 Å². The molecule has 6 atom stereocenters. The van der Waals surface area contributed by atoms with Gasteiger partial charge in [-0.3, -0.25) is 48.1 Å². The number of ether oxygens (including phenoxy) is 2. The van der Waals surface area contributed by atoms with Gasteiger partial charge in [0.05, 0.1) is 47.7 Å². The van der Waals surface area contributed by atoms with Gasteiger partial charge in [0, 0.05) is 177 Å². The number of alkyl halides is 12. The molecular formula is C90H88F14N14O6. The Morgan fingerprint density at radius 2 is 0.758 bits per heavy atom. The normalized spacial score (nSPS) is 19.0. The number of morpholine rings is 2. The first-order chi connectivity index (χ1) is 58.6. The molecule has 124 heavy (non-hydrogen) atoms. The lowest BCUT2D eigenvalue weighted by Crippen LogP contribution is -2.57. The Morgan fingerprint density at radius 1 is 0.411 bits per heavy atom. The SMILES string of the molecule is CC(=O)c1cc(-c2ccc(F)cc2)c2ccc(CN3CCNC(C(F)(F)F)C3)cc2n1.CC(=O)c1cc(-c2ccc(F)cc2)c2ccc(CN3CCNCC3C(F)(F)F)cc2n1.CC(=O)c1cc(-c2cnn(C)c2)c2ccc(CN3C[C@H](C(F)(F)F)OC[C@@H]3C)cc2n1.CC(=O)c1cc(-c2cnn(C)c2)c2ccc(CN3C[C@H](C(F)(F)F)OC[C@H]3C)cc2n1. The molecule has 6 aromatic heterocycles. The number of ketones is 4. The van der Waals surface area contributed by atoms with Gasteiger partial charge in [-0.1, -0.05) is 72.8 Å². The first-order valence-electron chi connectivity index (χ1n) is 39.8. The van der Waals surface area contributed by atoms with E-state index in [-0.39, 0.29) is 117 Å². The topological polar surface area (TPSA) is 211 Å². The number of halogens is 14. The van der Waals surface area contributed by atoms with Crippen LogP contribution in [0.2, 0.25) is 0 Å². The highest BCUT2D eigenvalue weighted by Crippen LogP contribution is 2.38. The minimum Gasteiger partial charge on any atom is -0.366 e. The quantitative estimate of drug-likeness (QED) is 0.0680. The van der Waals surface area contributed by atoms with Crippen molar-refractivity contribution in [1.82, 2.24) is 69.7 Å². The standard InChI is InChI=1S/2C23H21F4N3O.2C22H23F3N4O2/c1-14(31)20-11-19(16-3-5-17(24)6-4-16)18-7-2-15(10-21(18)29-20)13-30-9-8-28-12-22(30)23(25,26)27;1-14(31)20-11-19(16-3-5-17(24)6-4-16)18-7-2-15(10-21(18)29-20)12-30-9-8-28-22(13-30)23(25,26)27;2*1-13-12-31-21(22(23,24)25)11-29(13)9-15-4-5-17-18(16-8-26-28(3)10-16)7-19(14(2)30)27-20(17)6-15/h2*2-7,10-11,22,28H,8-9,12-13H2,1H3;2*4-8,10,13,21H,9,11-12H2,1-3H3/t;;13-,21+;13-,21-/m..01/s1. The van der Waals surface area contributed by atoms with Gasteiger partial charge < -0.3 is 20.1 Å². The van der Waals surface area contributed by atoms with Crippen molar-refractivity contribution in [3.05, 3.63) is 227 Å². The first kappa shape index (κ1) is 90.5. The molecule has 34 heteroatoms. The molecule has 4 saturated heterocycles. The fourth-order valence-electron chi connectivity index (χ4n) is 15.4. The third-order valence-corrected chi connectivity index (χ3v) is 22.1. The summed E-state index contributed by atoms with van der Waals surface area (Å²) in [4.78, 5) is 72.7. The number of hydrogen-bond acceptors (Lipinski definition) is 18. The summed E-state index contributed by atoms with van der Waals surface area (Å²) in [6.07, 6.45) is -13.8. The molecule has 2 unspecified atom stereocenters. The van der Waals surface area contributed by atoms with Crippen LogP contribution in [-0.4, -0.2) is 209 Å². The predicted molar refractivity (Wildman–Crippen MR) is 440 cm³/mol. The number of aryl methyl sites for hydroxylation is 2. The van der Waals surface area contributed by atoms with Gasteiger partial charge in [-0.05, 0) is 142 Å². The molecule has 0 bridgehead atoms. The van der Waals surface area contributed by atoms with Crippen molar-refractivity contribution in [3.8, 4) is 44.5 Å². The predicted octanol–water partition coefficient (Wildman–Crippen LogP) is 17.1. The zero-order chi connectivity index (χ0) is 89.0. The van der Waals surface area contributed by atoms with Gasteiger partial charge in [-0.15, -0.1) is 0 Å². The van der Waals surface area contributed by atoms with Crippen molar-refractivity contribution in [2.24, 2.45) is 14.1 Å². The molecule has 16 rings (SSSR count). The van der Waals surface area contributed by atoms with E-state index < -0.39 is 49.0 Å². The summed E-state index contributed by atoms with van der Waals surface area (Å²) in [5, 5.41) is 17.0. The highest BCUT2D eigenvalue weighted by Gasteiger charge is 2.48. The third-order valence-electron chi connectivity index (χ3n) is 22.1. The molecule has 20 nitrogen and oxygen atoms in total. The van der Waals surface area contributed by atoms with Crippen LogP contribution in [0.5, 0.6) is 0 Å². The highest BCUT2D eigenvalue weighted by molar-refractivity contribution is 6.05. The molecular weight excluding hydrogens is 1640 g/mol. The van der Waals surface area contributed by atoms with Gasteiger partial charge in [0.15, 0.2) is 35.3 Å². The monoisotopic (exact) mass is 1730 g/mol. The van der Waals surface area contributed by atoms with Crippen LogP contribution in [0.25, 0.3) is 88.1 Å². The Kier molecular flexibility index (Phi) is 27.5. The maximum absolute atomic E-state index is 13.4. The molecule has 0 aliphatic carbocycles. The summed E-state index contributed by atoms with van der Waals surface area (Å²) < 4.78 is 198. The zero-order valence-corrected chi connectivity index (χ0v) is 68.6. The van der Waals surface area contributed by atoms with Gasteiger partial charge in [-0.25, -0.2) is 28.7 Å². The van der Waals surface area contributed by atoms with E-state index in [4.69, 9.17) is 9.47 Å². The number of aromatic nitrogens is 8. The van der Waals surface area contributed by atoms with Crippen molar-refractivity contribution in [3.63, 3.8) is 0 Å². The van der Waals surface area contributed by atoms with E-state index in [0.717, 1.165) is 82.7 Å². The first-order valence-corrected chi connectivity index (χ1v) is 39.8. The van der Waals surface area contributed by atoms with E-state index in [1.165, 1.54) is 56.9 Å². The number of carbonyl (C=O) groups excluding carboxylic acids is 4. The van der Waals surface area contributed by atoms with Crippen LogP contribution in [0.15, 0.2) is 170 Å². The van der Waals surface area contributed by atoms with Crippen LogP contribution < -0.4 is 10.6 Å². The van der Waals surface area contributed by atoms with Crippen molar-refractivity contribution in [2.75, 3.05) is 65.6 Å². The smallest absolute Gasteiger partial charge is 0.366 e. The molecule has 10 heterocycles. The van der Waals surface area contributed by atoms with Crippen molar-refractivity contribution >= 4 is 66.7 Å². The van der Waals surface area contributed by atoms with E-state index in [1.807, 2.05) is 88.9 Å². The van der Waals surface area contributed by atoms with E-state index in [1.54, 1.807) is 109 Å². The maximum Gasteiger partial charge on any atom is 0.415 e. The van der Waals surface area contributed by atoms with Crippen molar-refractivity contribution in [2.45, 2.75) is 129 Å². The molecule has 4 fully saturated rings. The lowest BCUT2D eigenvalue weighted by Gasteiger charge is -2.38. The van der Waals surface area contributed by atoms with E-state index in [9.17, 15) is 80.6 Å². The van der Waals surface area contributed by atoms with Crippen LogP contribution in [0.1, 0.15) is 106 Å². The summed E-state index contributed by atoms with van der Waals surface area (Å²) in [7, 11) is 3.63. The summed E-state index contributed by atoms with van der Waals surface area (Å²) >= 11 is 0. The Balaban J connectivity index is 0.000000142. The van der Waals surface area contributed by atoms with Gasteiger partial charge >= 0.3 is 24.7 Å². The molecule has 12 aromatic rings. The Bertz CT molecular complexity index is 5720. The van der Waals surface area contributed by atoms with Crippen LogP contribution >= 0.6 is 0 Å². The number of benzene rings is 6. The van der Waals surface area contributed by atoms with Gasteiger partial charge in [0.2, 0.25) is 0 Å². The number of nitrogens with one attached hydrogen (secondary N) is 2. The Hall–Kier alpha value is -11.2. The highest BCUT2D eigenvalue weighted by atomic mass is 19.4. The van der Waals surface area contributed by atoms with E-state index in [2.05, 4.69) is 40.8 Å². The molecule has 0 saturated carbocycles. The van der Waals surface area contributed by atoms with Crippen molar-refractivity contribution in [1.29, 1.82) is 0 Å². The molecule has 0 spiro atoms. The van der Waals surface area contributed by atoms with Gasteiger partial charge in [0.1, 0.15) is 46.5 Å². The van der Waals surface area contributed by atoms with Gasteiger partial charge in [-0.2, -0.15) is 62.9 Å². The molecule has 4 aliphatic rings. The number of carbonyl (C=O) groups is 4. The maximum atomic E-state index is 13.4. The molecule has 652 valence electrons. The Morgan fingerprint density at radius 3 is 1.08 bits per heavy atom. The van der Waals surface area contributed by atoms with Crippen molar-refractivity contribution < 1.29 is 90.1 Å². The number of pyridine rings is 4. The lowest BCUT2D eigenvalue weighted by atomic mass is 9.98. The molecule has 4 aliphatic heterocycles. The van der Waals surface area contributed by atoms with Gasteiger partial charge in [0.25, 0.3) is 0 Å². The fraction of sp³-hybridized carbons (Fsp3) is 0.356. The minimum absolute atomic E-state index is 0.0235. The third kappa shape index (κ3) is 22.1. The molecule has 0 amide bonds. The number of fused-ring (bicyclic) bond motifs is 4. The van der Waals surface area contributed by atoms with Crippen LogP contribution in [0.4, 0.5) is 61.5 Å². The largest absolute Gasteiger partial charge is 0.415 e. The van der Waals surface area contributed by atoms with Crippen LogP contribution in [0.3, 0.4) is 0 Å². The molecule has 6 aromatic carbocycles. The van der Waals surface area contributed by atoms with Crippen LogP contribution in [-0.2, 0) is 49.7 Å². The minimum atomic E-state index is -4.39. The summed E-state index contributed by atoms with van der Waals surface area (Å²) in [6.45, 7) is 11.5. The number of piperazine rings is 2. The number of Topliss-reactive ketones (excluding diaryl/α,β-unsaturated/α-hetero) is 4. The molecule has 2 N–H and O–H groups in total. The lowest BCUT2D eigenvalue weighted by molar-refractivity contribution is -0.244. The summed E-state index contributed by atoms with van der Waals surface area (Å²) in [5.41, 5.74) is 13.0. The fourth-order valence-corrected chi connectivity index (χ4v) is 15.4. The second-order valence-corrected chi connectivity index (χ2v) is 31.5. The average Bonchev–Trinajstić information content (AvgIpc) is 1.17. The number of nitrogens with zero attached hydrogens (tertiary/aromatic N) is 12. The number of rotatable bonds is 16. The van der Waals surface area contributed by atoms with E-state index >= 15 is 0 Å².